The first-order valence-corrected chi connectivity index (χ1v) is 11.9. The molecule has 1 saturated heterocycles. The van der Waals surface area contributed by atoms with Crippen LogP contribution in [-0.2, 0) is 19.6 Å². The van der Waals surface area contributed by atoms with Gasteiger partial charge in [0.25, 0.3) is 5.91 Å². The largest absolute Gasteiger partial charge is 0.338 e. The van der Waals surface area contributed by atoms with Crippen LogP contribution in [0.25, 0.3) is 0 Å². The summed E-state index contributed by atoms with van der Waals surface area (Å²) in [5, 5.41) is 0. The van der Waals surface area contributed by atoms with E-state index >= 15 is 0 Å². The van der Waals surface area contributed by atoms with Gasteiger partial charge in [-0.15, -0.1) is 0 Å². The van der Waals surface area contributed by atoms with E-state index < -0.39 is 45.3 Å². The summed E-state index contributed by atoms with van der Waals surface area (Å²) in [6.45, 7) is 0.678. The molecule has 0 saturated carbocycles. The third-order valence-corrected chi connectivity index (χ3v) is 7.51. The third-order valence-electron chi connectivity index (χ3n) is 5.68. The van der Waals surface area contributed by atoms with Gasteiger partial charge in [0.1, 0.15) is 11.7 Å². The molecule has 176 valence electrons. The highest BCUT2D eigenvalue weighted by Crippen LogP contribution is 2.39. The number of quaternary nitrogens is 1. The van der Waals surface area contributed by atoms with Gasteiger partial charge in [-0.3, -0.25) is 14.4 Å². The average molecular weight is 477 g/mol. The topological polar surface area (TPSA) is 96.3 Å². The lowest BCUT2D eigenvalue weighted by Crippen LogP contribution is -3.06. The Kier molecular flexibility index (Phi) is 7.11. The number of halogens is 1. The predicted octanol–water partition coefficient (Wildman–Crippen LogP) is 0.172. The van der Waals surface area contributed by atoms with Gasteiger partial charge in [-0.25, -0.2) is 17.1 Å². The molecular formula is C23H27FN3O5S+. The van der Waals surface area contributed by atoms with Gasteiger partial charge in [0.2, 0.25) is 15.8 Å². The molecule has 0 bridgehead atoms. The minimum atomic E-state index is -3.70. The quantitative estimate of drug-likeness (QED) is 0.333. The van der Waals surface area contributed by atoms with Crippen molar-refractivity contribution in [3.63, 3.8) is 0 Å². The summed E-state index contributed by atoms with van der Waals surface area (Å²) in [7, 11) is 2.84. The second kappa shape index (κ2) is 9.50. The van der Waals surface area contributed by atoms with Crippen LogP contribution in [0.5, 0.6) is 0 Å². The maximum absolute atomic E-state index is 14.7. The normalized spacial score (nSPS) is 19.1. The summed E-state index contributed by atoms with van der Waals surface area (Å²) in [5.41, 5.74) is 0.163. The first-order chi connectivity index (χ1) is 15.5. The summed E-state index contributed by atoms with van der Waals surface area (Å²) < 4.78 is 40.4. The zero-order valence-corrected chi connectivity index (χ0v) is 19.7. The molecule has 1 heterocycles. The van der Waals surface area contributed by atoms with Crippen molar-refractivity contribution in [2.45, 2.75) is 10.9 Å². The van der Waals surface area contributed by atoms with E-state index in [4.69, 9.17) is 0 Å². The number of ketones is 2. The smallest absolute Gasteiger partial charge is 0.291 e. The number of hydrogen-bond acceptors (Lipinski definition) is 5. The van der Waals surface area contributed by atoms with E-state index in [9.17, 15) is 27.2 Å². The van der Waals surface area contributed by atoms with Crippen molar-refractivity contribution in [2.24, 2.45) is 5.92 Å². The molecular weight excluding hydrogens is 449 g/mol. The van der Waals surface area contributed by atoms with E-state index in [0.29, 0.717) is 6.54 Å². The van der Waals surface area contributed by atoms with Crippen LogP contribution in [0.2, 0.25) is 0 Å². The number of hydrogen-bond donors (Lipinski definition) is 1. The number of likely N-dealkylation sites (tertiary alicyclic amines) is 1. The van der Waals surface area contributed by atoms with Gasteiger partial charge in [0, 0.05) is 25.2 Å². The standard InChI is InChI=1S/C23H26FN3O5S/c1-25(2)13-14-27-20(17-7-5-6-8-18(17)24)19(22(29)23(27)30)21(28)15-9-11-16(12-10-15)33(31,32)26(3)4/h5-12,19-20H,13-14H2,1-4H3/p+1. The monoisotopic (exact) mass is 476 g/mol. The van der Waals surface area contributed by atoms with Crippen LogP contribution in [0.15, 0.2) is 53.4 Å². The molecule has 0 aliphatic carbocycles. The maximum Gasteiger partial charge on any atom is 0.291 e. The summed E-state index contributed by atoms with van der Waals surface area (Å²) in [6.07, 6.45) is 0. The molecule has 0 radical (unpaired) electrons. The lowest BCUT2D eigenvalue weighted by molar-refractivity contribution is -0.857. The maximum atomic E-state index is 14.7. The lowest BCUT2D eigenvalue weighted by atomic mass is 9.86. The highest BCUT2D eigenvalue weighted by atomic mass is 32.2. The number of nitrogens with zero attached hydrogens (tertiary/aromatic N) is 2. The molecule has 10 heteroatoms. The Morgan fingerprint density at radius 1 is 1.06 bits per heavy atom. The molecule has 8 nitrogen and oxygen atoms in total. The Bertz CT molecular complexity index is 1180. The van der Waals surface area contributed by atoms with Crippen LogP contribution in [0, 0.1) is 11.7 Å². The van der Waals surface area contributed by atoms with Gasteiger partial charge < -0.3 is 9.80 Å². The van der Waals surface area contributed by atoms with Gasteiger partial charge in [0.15, 0.2) is 5.78 Å². The number of amides is 1. The van der Waals surface area contributed by atoms with Crippen LogP contribution in [0.3, 0.4) is 0 Å². The van der Waals surface area contributed by atoms with E-state index in [0.717, 1.165) is 9.21 Å². The molecule has 2 aromatic rings. The number of Topliss-reactive ketones (excluding diaryl/α,β-unsaturated/α-hetero) is 2. The highest BCUT2D eigenvalue weighted by Gasteiger charge is 2.52. The lowest BCUT2D eigenvalue weighted by Gasteiger charge is -2.27. The molecule has 1 amide bonds. The van der Waals surface area contributed by atoms with Crippen LogP contribution >= 0.6 is 0 Å². The average Bonchev–Trinajstić information content (AvgIpc) is 3.02. The van der Waals surface area contributed by atoms with E-state index in [2.05, 4.69) is 0 Å². The highest BCUT2D eigenvalue weighted by molar-refractivity contribution is 7.89. The van der Waals surface area contributed by atoms with Crippen molar-refractivity contribution in [3.8, 4) is 0 Å². The molecule has 1 N–H and O–H groups in total. The fourth-order valence-electron chi connectivity index (χ4n) is 3.82. The van der Waals surface area contributed by atoms with E-state index in [1.54, 1.807) is 6.07 Å². The third kappa shape index (κ3) is 4.73. The molecule has 0 spiro atoms. The second-order valence-electron chi connectivity index (χ2n) is 8.44. The molecule has 1 aliphatic rings. The number of sulfonamides is 1. The predicted molar refractivity (Wildman–Crippen MR) is 119 cm³/mol. The Morgan fingerprint density at radius 2 is 1.67 bits per heavy atom. The number of carbonyl (C=O) groups is 3. The minimum Gasteiger partial charge on any atom is -0.338 e. The van der Waals surface area contributed by atoms with Gasteiger partial charge >= 0.3 is 0 Å². The molecule has 1 aliphatic heterocycles. The van der Waals surface area contributed by atoms with Gasteiger partial charge in [-0.2, -0.15) is 0 Å². The summed E-state index contributed by atoms with van der Waals surface area (Å²) in [6, 6.07) is 9.85. The molecule has 2 atom stereocenters. The molecule has 2 unspecified atom stereocenters. The van der Waals surface area contributed by atoms with Crippen molar-refractivity contribution >= 4 is 27.5 Å². The molecule has 0 aromatic heterocycles. The molecule has 33 heavy (non-hydrogen) atoms. The number of nitrogens with one attached hydrogen (secondary N) is 1. The summed E-state index contributed by atoms with van der Waals surface area (Å²) in [5.74, 6) is -4.42. The van der Waals surface area contributed by atoms with Crippen molar-refractivity contribution < 1.29 is 32.1 Å². The van der Waals surface area contributed by atoms with E-state index in [1.165, 1.54) is 61.5 Å². The first kappa shape index (κ1) is 24.7. The zero-order valence-electron chi connectivity index (χ0n) is 18.9. The number of rotatable bonds is 8. The number of carbonyl (C=O) groups excluding carboxylic acids is 3. The molecule has 2 aromatic carbocycles. The minimum absolute atomic E-state index is 0.0147. The van der Waals surface area contributed by atoms with Crippen molar-refractivity contribution in [1.29, 1.82) is 0 Å². The van der Waals surface area contributed by atoms with E-state index in [-0.39, 0.29) is 22.6 Å². The van der Waals surface area contributed by atoms with Crippen molar-refractivity contribution in [1.82, 2.24) is 9.21 Å². The summed E-state index contributed by atoms with van der Waals surface area (Å²) in [4.78, 5) is 41.4. The van der Waals surface area contributed by atoms with Crippen LogP contribution in [0.4, 0.5) is 4.39 Å². The first-order valence-electron chi connectivity index (χ1n) is 10.4. The van der Waals surface area contributed by atoms with Crippen molar-refractivity contribution in [3.05, 3.63) is 65.5 Å². The van der Waals surface area contributed by atoms with Crippen LogP contribution < -0.4 is 4.90 Å². The Hall–Kier alpha value is -2.95. The van der Waals surface area contributed by atoms with Gasteiger partial charge in [-0.1, -0.05) is 30.3 Å². The molecule has 1 fully saturated rings. The Morgan fingerprint density at radius 3 is 2.21 bits per heavy atom. The Balaban J connectivity index is 2.03. The SMILES string of the molecule is CN(C)S(=O)(=O)c1ccc(C(=O)C2C(=O)C(=O)N(CC[NH+](C)C)C2c2ccccc2F)cc1. The van der Waals surface area contributed by atoms with E-state index in [1.807, 2.05) is 14.1 Å². The number of benzene rings is 2. The van der Waals surface area contributed by atoms with Crippen LogP contribution in [-0.4, -0.2) is 76.4 Å². The van der Waals surface area contributed by atoms with Gasteiger partial charge in [-0.05, 0) is 18.2 Å². The number of likely N-dealkylation sites (N-methyl/N-ethyl adjacent to an activating group) is 1. The Labute approximate surface area is 192 Å². The van der Waals surface area contributed by atoms with Gasteiger partial charge in [0.05, 0.1) is 38.1 Å². The fourth-order valence-corrected chi connectivity index (χ4v) is 4.72. The summed E-state index contributed by atoms with van der Waals surface area (Å²) >= 11 is 0. The van der Waals surface area contributed by atoms with Crippen molar-refractivity contribution in [2.75, 3.05) is 41.3 Å². The van der Waals surface area contributed by atoms with Crippen LogP contribution in [0.1, 0.15) is 22.0 Å². The zero-order chi connectivity index (χ0) is 24.5. The molecule has 3 rings (SSSR count). The second-order valence-corrected chi connectivity index (χ2v) is 10.6. The fraction of sp³-hybridized carbons (Fsp3) is 0.348.